The first-order valence-electron chi connectivity index (χ1n) is 7.46. The Morgan fingerprint density at radius 1 is 1.45 bits per heavy atom. The van der Waals surface area contributed by atoms with Gasteiger partial charge in [-0.05, 0) is 36.8 Å². The normalized spacial score (nSPS) is 22.5. The van der Waals surface area contributed by atoms with Gasteiger partial charge in [-0.2, -0.15) is 0 Å². The molecule has 0 bridgehead atoms. The summed E-state index contributed by atoms with van der Waals surface area (Å²) in [6.45, 7) is 8.62. The number of piperidine rings is 1. The SMILES string of the molecule is Cc1cc(NC2CCCN(C(=O)O)[C@@H]2C(C)(C)C)nnc1Cl. The molecule has 0 saturated carbocycles. The summed E-state index contributed by atoms with van der Waals surface area (Å²) >= 11 is 5.90. The summed E-state index contributed by atoms with van der Waals surface area (Å²) in [7, 11) is 0. The summed E-state index contributed by atoms with van der Waals surface area (Å²) in [6, 6.07) is 1.71. The Kier molecular flexibility index (Phi) is 4.80. The fourth-order valence-corrected chi connectivity index (χ4v) is 3.26. The van der Waals surface area contributed by atoms with Crippen molar-refractivity contribution in [1.29, 1.82) is 0 Å². The van der Waals surface area contributed by atoms with E-state index in [2.05, 4.69) is 36.3 Å². The van der Waals surface area contributed by atoms with Gasteiger partial charge in [-0.15, -0.1) is 10.2 Å². The minimum absolute atomic E-state index is 0.000254. The Balaban J connectivity index is 2.26. The van der Waals surface area contributed by atoms with Crippen molar-refractivity contribution in [2.24, 2.45) is 5.41 Å². The molecule has 1 amide bonds. The molecule has 2 N–H and O–H groups in total. The molecule has 1 aromatic heterocycles. The fourth-order valence-electron chi connectivity index (χ4n) is 3.16. The maximum absolute atomic E-state index is 11.6. The molecular formula is C15H23ClN4O2. The van der Waals surface area contributed by atoms with Gasteiger partial charge in [0.1, 0.15) is 5.82 Å². The Bertz CT molecular complexity index is 559. The van der Waals surface area contributed by atoms with E-state index < -0.39 is 6.09 Å². The topological polar surface area (TPSA) is 78.4 Å². The van der Waals surface area contributed by atoms with Crippen LogP contribution in [0.3, 0.4) is 0 Å². The second kappa shape index (κ2) is 6.28. The van der Waals surface area contributed by atoms with Crippen LogP contribution in [0.5, 0.6) is 0 Å². The number of hydrogen-bond donors (Lipinski definition) is 2. The van der Waals surface area contributed by atoms with Crippen LogP contribution in [0.25, 0.3) is 0 Å². The van der Waals surface area contributed by atoms with Gasteiger partial charge in [0, 0.05) is 12.6 Å². The lowest BCUT2D eigenvalue weighted by Crippen LogP contribution is -2.58. The van der Waals surface area contributed by atoms with Crippen molar-refractivity contribution in [2.75, 3.05) is 11.9 Å². The third-order valence-electron chi connectivity index (χ3n) is 4.02. The van der Waals surface area contributed by atoms with Gasteiger partial charge in [0.2, 0.25) is 0 Å². The number of nitrogens with zero attached hydrogens (tertiary/aromatic N) is 3. The number of aromatic nitrogens is 2. The minimum Gasteiger partial charge on any atom is -0.465 e. The largest absolute Gasteiger partial charge is 0.465 e. The van der Waals surface area contributed by atoms with Crippen molar-refractivity contribution in [2.45, 2.75) is 52.6 Å². The molecular weight excluding hydrogens is 304 g/mol. The molecule has 0 aliphatic carbocycles. The molecule has 0 spiro atoms. The number of halogens is 1. The maximum atomic E-state index is 11.6. The summed E-state index contributed by atoms with van der Waals surface area (Å²) in [5.74, 6) is 0.633. The first-order valence-corrected chi connectivity index (χ1v) is 7.84. The quantitative estimate of drug-likeness (QED) is 0.870. The summed E-state index contributed by atoms with van der Waals surface area (Å²) in [4.78, 5) is 13.1. The third kappa shape index (κ3) is 3.61. The van der Waals surface area contributed by atoms with Crippen molar-refractivity contribution in [3.63, 3.8) is 0 Å². The zero-order valence-corrected chi connectivity index (χ0v) is 14.2. The lowest BCUT2D eigenvalue weighted by molar-refractivity contribution is 0.0518. The average Bonchev–Trinajstić information content (AvgIpc) is 2.41. The summed E-state index contributed by atoms with van der Waals surface area (Å²) in [5.41, 5.74) is 0.670. The molecule has 2 heterocycles. The van der Waals surface area contributed by atoms with Crippen molar-refractivity contribution in [3.05, 3.63) is 16.8 Å². The van der Waals surface area contributed by atoms with Crippen LogP contribution in [-0.4, -0.2) is 44.9 Å². The number of anilines is 1. The van der Waals surface area contributed by atoms with Crippen LogP contribution in [0, 0.1) is 12.3 Å². The molecule has 6 nitrogen and oxygen atoms in total. The van der Waals surface area contributed by atoms with E-state index in [9.17, 15) is 9.90 Å². The number of hydrogen-bond acceptors (Lipinski definition) is 4. The predicted molar refractivity (Wildman–Crippen MR) is 86.4 cm³/mol. The van der Waals surface area contributed by atoms with E-state index in [4.69, 9.17) is 11.6 Å². The molecule has 1 fully saturated rings. The van der Waals surface area contributed by atoms with Crippen LogP contribution in [-0.2, 0) is 0 Å². The van der Waals surface area contributed by atoms with Crippen LogP contribution in [0.1, 0.15) is 39.2 Å². The first kappa shape index (κ1) is 16.8. The number of carbonyl (C=O) groups is 1. The smallest absolute Gasteiger partial charge is 0.407 e. The monoisotopic (exact) mass is 326 g/mol. The molecule has 1 unspecified atom stereocenters. The van der Waals surface area contributed by atoms with Crippen LogP contribution in [0.15, 0.2) is 6.07 Å². The zero-order chi connectivity index (χ0) is 16.5. The Hall–Kier alpha value is -1.56. The highest BCUT2D eigenvalue weighted by Gasteiger charge is 2.41. The second-order valence-corrected chi connectivity index (χ2v) is 7.24. The lowest BCUT2D eigenvalue weighted by atomic mass is 9.77. The fraction of sp³-hybridized carbons (Fsp3) is 0.667. The number of carboxylic acid groups (broad SMARTS) is 1. The van der Waals surface area contributed by atoms with E-state index in [0.29, 0.717) is 17.5 Å². The van der Waals surface area contributed by atoms with E-state index in [-0.39, 0.29) is 17.5 Å². The number of rotatable bonds is 2. The first-order chi connectivity index (χ1) is 10.2. The van der Waals surface area contributed by atoms with E-state index in [1.807, 2.05) is 13.0 Å². The zero-order valence-electron chi connectivity index (χ0n) is 13.4. The number of aryl methyl sites for hydroxylation is 1. The molecule has 0 radical (unpaired) electrons. The van der Waals surface area contributed by atoms with Gasteiger partial charge in [-0.25, -0.2) is 4.79 Å². The Labute approximate surface area is 135 Å². The van der Waals surface area contributed by atoms with E-state index in [0.717, 1.165) is 18.4 Å². The molecule has 2 atom stereocenters. The van der Waals surface area contributed by atoms with Gasteiger partial charge in [0.15, 0.2) is 5.15 Å². The number of amides is 1. The van der Waals surface area contributed by atoms with Gasteiger partial charge < -0.3 is 15.3 Å². The third-order valence-corrected chi connectivity index (χ3v) is 4.40. The molecule has 1 aromatic rings. The van der Waals surface area contributed by atoms with E-state index >= 15 is 0 Å². The van der Waals surface area contributed by atoms with Gasteiger partial charge in [-0.3, -0.25) is 0 Å². The van der Waals surface area contributed by atoms with Gasteiger partial charge in [-0.1, -0.05) is 32.4 Å². The molecule has 1 aliphatic heterocycles. The van der Waals surface area contributed by atoms with E-state index in [1.54, 1.807) is 0 Å². The van der Waals surface area contributed by atoms with Crippen LogP contribution < -0.4 is 5.32 Å². The molecule has 22 heavy (non-hydrogen) atoms. The van der Waals surface area contributed by atoms with E-state index in [1.165, 1.54) is 4.90 Å². The standard InChI is InChI=1S/C15H23ClN4O2/c1-9-8-11(18-19-13(9)16)17-10-6-5-7-20(14(21)22)12(10)15(2,3)4/h8,10,12H,5-7H2,1-4H3,(H,17,18)(H,21,22)/t10?,12-/m0/s1. The highest BCUT2D eigenvalue weighted by Crippen LogP contribution is 2.33. The molecule has 0 aromatic carbocycles. The van der Waals surface area contributed by atoms with Crippen molar-refractivity contribution in [3.8, 4) is 0 Å². The molecule has 2 rings (SSSR count). The van der Waals surface area contributed by atoms with Crippen molar-refractivity contribution < 1.29 is 9.90 Å². The van der Waals surface area contributed by atoms with Gasteiger partial charge in [0.05, 0.1) is 6.04 Å². The summed E-state index contributed by atoms with van der Waals surface area (Å²) in [5, 5.41) is 21.2. The average molecular weight is 327 g/mol. The predicted octanol–water partition coefficient (Wildman–Crippen LogP) is 3.41. The summed E-state index contributed by atoms with van der Waals surface area (Å²) < 4.78 is 0. The van der Waals surface area contributed by atoms with Crippen LogP contribution >= 0.6 is 11.6 Å². The highest BCUT2D eigenvalue weighted by molar-refractivity contribution is 6.30. The molecule has 1 aliphatic rings. The Morgan fingerprint density at radius 3 is 2.68 bits per heavy atom. The minimum atomic E-state index is -0.871. The maximum Gasteiger partial charge on any atom is 0.407 e. The van der Waals surface area contributed by atoms with Crippen LogP contribution in [0.2, 0.25) is 5.15 Å². The molecule has 1 saturated heterocycles. The molecule has 7 heteroatoms. The Morgan fingerprint density at radius 2 is 2.14 bits per heavy atom. The van der Waals surface area contributed by atoms with Crippen molar-refractivity contribution in [1.82, 2.24) is 15.1 Å². The highest BCUT2D eigenvalue weighted by atomic mass is 35.5. The van der Waals surface area contributed by atoms with Crippen molar-refractivity contribution >= 4 is 23.5 Å². The second-order valence-electron chi connectivity index (χ2n) is 6.88. The summed E-state index contributed by atoms with van der Waals surface area (Å²) in [6.07, 6.45) is 0.857. The lowest BCUT2D eigenvalue weighted by Gasteiger charge is -2.47. The molecule has 122 valence electrons. The van der Waals surface area contributed by atoms with Gasteiger partial charge >= 0.3 is 6.09 Å². The number of nitrogens with one attached hydrogen (secondary N) is 1. The van der Waals surface area contributed by atoms with Crippen LogP contribution in [0.4, 0.5) is 10.6 Å². The van der Waals surface area contributed by atoms with Gasteiger partial charge in [0.25, 0.3) is 0 Å². The number of likely N-dealkylation sites (tertiary alicyclic amines) is 1.